The number of nitrogens with zero attached hydrogens (tertiary/aromatic N) is 4. The van der Waals surface area contributed by atoms with Crippen molar-refractivity contribution in [2.24, 2.45) is 5.92 Å². The number of benzene rings is 1. The third-order valence-electron chi connectivity index (χ3n) is 4.88. The topological polar surface area (TPSA) is 79.8 Å². The lowest BCUT2D eigenvalue weighted by Crippen LogP contribution is -2.43. The van der Waals surface area contributed by atoms with Gasteiger partial charge in [0.2, 0.25) is 6.79 Å². The molecule has 2 aromatic rings. The number of ether oxygens (including phenoxy) is 2. The van der Waals surface area contributed by atoms with Gasteiger partial charge in [0, 0.05) is 37.3 Å². The highest BCUT2D eigenvalue weighted by molar-refractivity contribution is 5.95. The van der Waals surface area contributed by atoms with Gasteiger partial charge >= 0.3 is 0 Å². The summed E-state index contributed by atoms with van der Waals surface area (Å²) in [4.78, 5) is 25.5. The van der Waals surface area contributed by atoms with Crippen LogP contribution in [0.3, 0.4) is 0 Å². The van der Waals surface area contributed by atoms with Crippen molar-refractivity contribution in [3.8, 4) is 11.5 Å². The van der Waals surface area contributed by atoms with E-state index in [0.717, 1.165) is 18.9 Å². The Morgan fingerprint density at radius 3 is 2.89 bits per heavy atom. The molecular formula is C19H23N5O3. The number of carbonyl (C=O) groups excluding carboxylic acids is 1. The Balaban J connectivity index is 1.49. The van der Waals surface area contributed by atoms with E-state index >= 15 is 0 Å². The van der Waals surface area contributed by atoms with Crippen LogP contribution >= 0.6 is 0 Å². The van der Waals surface area contributed by atoms with Crippen LogP contribution in [0, 0.1) is 5.92 Å². The van der Waals surface area contributed by atoms with Crippen LogP contribution in [0.4, 0.5) is 5.82 Å². The summed E-state index contributed by atoms with van der Waals surface area (Å²) in [5.41, 5.74) is 0.573. The second-order valence-electron chi connectivity index (χ2n) is 7.14. The summed E-state index contributed by atoms with van der Waals surface area (Å²) >= 11 is 0. The van der Waals surface area contributed by atoms with Gasteiger partial charge in [0.25, 0.3) is 5.91 Å². The van der Waals surface area contributed by atoms with Gasteiger partial charge in [0.15, 0.2) is 11.5 Å². The molecule has 0 aliphatic carbocycles. The fourth-order valence-corrected chi connectivity index (χ4v) is 3.64. The normalized spacial score (nSPS) is 20.9. The van der Waals surface area contributed by atoms with Crippen molar-refractivity contribution in [3.05, 3.63) is 42.4 Å². The molecular weight excluding hydrogens is 346 g/mol. The maximum absolute atomic E-state index is 12.8. The summed E-state index contributed by atoms with van der Waals surface area (Å²) in [5.74, 6) is 2.36. The van der Waals surface area contributed by atoms with E-state index in [1.54, 1.807) is 30.7 Å². The minimum Gasteiger partial charge on any atom is -0.454 e. The molecule has 1 N–H and O–H groups in total. The van der Waals surface area contributed by atoms with E-state index in [9.17, 15) is 4.79 Å². The van der Waals surface area contributed by atoms with Crippen molar-refractivity contribution in [2.75, 3.05) is 45.4 Å². The summed E-state index contributed by atoms with van der Waals surface area (Å²) < 4.78 is 10.7. The van der Waals surface area contributed by atoms with E-state index in [1.807, 2.05) is 20.2 Å². The zero-order valence-electron chi connectivity index (χ0n) is 15.5. The highest BCUT2D eigenvalue weighted by Gasteiger charge is 2.35. The van der Waals surface area contributed by atoms with Gasteiger partial charge in [0.05, 0.1) is 6.04 Å². The lowest BCUT2D eigenvalue weighted by molar-refractivity contribution is 0.0927. The number of anilines is 1. The summed E-state index contributed by atoms with van der Waals surface area (Å²) in [6, 6.07) is 7.20. The van der Waals surface area contributed by atoms with Gasteiger partial charge in [-0.3, -0.25) is 4.79 Å². The molecule has 1 aromatic heterocycles. The van der Waals surface area contributed by atoms with Crippen LogP contribution in [-0.2, 0) is 0 Å². The van der Waals surface area contributed by atoms with E-state index in [2.05, 4.69) is 25.1 Å². The SMILES string of the molecule is CN(C)C[C@@H]1CN(c2ccncn2)C[C@H]1NC(=O)c1ccc2c(c1)OCO2. The van der Waals surface area contributed by atoms with Gasteiger partial charge < -0.3 is 24.6 Å². The molecule has 1 amide bonds. The second-order valence-corrected chi connectivity index (χ2v) is 7.14. The Bertz CT molecular complexity index is 814. The molecule has 2 aliphatic rings. The van der Waals surface area contributed by atoms with Crippen molar-refractivity contribution < 1.29 is 14.3 Å². The molecule has 1 fully saturated rings. The number of nitrogens with one attached hydrogen (secondary N) is 1. The molecule has 3 heterocycles. The average molecular weight is 369 g/mol. The van der Waals surface area contributed by atoms with Crippen LogP contribution in [0.15, 0.2) is 36.8 Å². The fourth-order valence-electron chi connectivity index (χ4n) is 3.64. The number of hydrogen-bond donors (Lipinski definition) is 1. The van der Waals surface area contributed by atoms with Crippen LogP contribution in [-0.4, -0.2) is 67.3 Å². The molecule has 0 radical (unpaired) electrons. The minimum absolute atomic E-state index is 0.0280. The number of carbonyl (C=O) groups is 1. The van der Waals surface area contributed by atoms with Crippen LogP contribution < -0.4 is 19.7 Å². The Morgan fingerprint density at radius 1 is 1.26 bits per heavy atom. The zero-order valence-corrected chi connectivity index (χ0v) is 15.5. The Labute approximate surface area is 158 Å². The van der Waals surface area contributed by atoms with Crippen molar-refractivity contribution >= 4 is 11.7 Å². The first-order valence-corrected chi connectivity index (χ1v) is 8.96. The van der Waals surface area contributed by atoms with Crippen molar-refractivity contribution in [1.29, 1.82) is 0 Å². The number of fused-ring (bicyclic) bond motifs is 1. The molecule has 142 valence electrons. The lowest BCUT2D eigenvalue weighted by atomic mass is 10.0. The monoisotopic (exact) mass is 369 g/mol. The number of amides is 1. The van der Waals surface area contributed by atoms with E-state index in [4.69, 9.17) is 9.47 Å². The van der Waals surface area contributed by atoms with Crippen LogP contribution in [0.25, 0.3) is 0 Å². The molecule has 1 aromatic carbocycles. The summed E-state index contributed by atoms with van der Waals surface area (Å²) in [6.45, 7) is 2.63. The van der Waals surface area contributed by atoms with Gasteiger partial charge in [-0.25, -0.2) is 9.97 Å². The van der Waals surface area contributed by atoms with E-state index in [1.165, 1.54) is 0 Å². The molecule has 4 rings (SSSR count). The highest BCUT2D eigenvalue weighted by Crippen LogP contribution is 2.32. The fraction of sp³-hybridized carbons (Fsp3) is 0.421. The van der Waals surface area contributed by atoms with Crippen molar-refractivity contribution in [2.45, 2.75) is 6.04 Å². The molecule has 8 heteroatoms. The predicted octanol–water partition coefficient (Wildman–Crippen LogP) is 1.00. The minimum atomic E-state index is -0.105. The van der Waals surface area contributed by atoms with Crippen LogP contribution in [0.5, 0.6) is 11.5 Å². The lowest BCUT2D eigenvalue weighted by Gasteiger charge is -2.22. The largest absolute Gasteiger partial charge is 0.454 e. The Kier molecular flexibility index (Phi) is 4.81. The van der Waals surface area contributed by atoms with Crippen LogP contribution in [0.2, 0.25) is 0 Å². The van der Waals surface area contributed by atoms with Crippen LogP contribution in [0.1, 0.15) is 10.4 Å². The second kappa shape index (κ2) is 7.40. The highest BCUT2D eigenvalue weighted by atomic mass is 16.7. The Hall–Kier alpha value is -2.87. The molecule has 0 bridgehead atoms. The molecule has 2 atom stereocenters. The molecule has 0 unspecified atom stereocenters. The first kappa shape index (κ1) is 17.5. The van der Waals surface area contributed by atoms with Gasteiger partial charge in [-0.05, 0) is 38.4 Å². The van der Waals surface area contributed by atoms with E-state index in [0.29, 0.717) is 29.5 Å². The van der Waals surface area contributed by atoms with Gasteiger partial charge in [0.1, 0.15) is 12.1 Å². The number of aromatic nitrogens is 2. The average Bonchev–Trinajstić information content (AvgIpc) is 3.28. The summed E-state index contributed by atoms with van der Waals surface area (Å²) in [5, 5.41) is 3.19. The van der Waals surface area contributed by atoms with Gasteiger partial charge in [-0.1, -0.05) is 0 Å². The number of hydrogen-bond acceptors (Lipinski definition) is 7. The quantitative estimate of drug-likeness (QED) is 0.842. The third-order valence-corrected chi connectivity index (χ3v) is 4.88. The standard InChI is InChI=1S/C19H23N5O3/c1-23(2)8-14-9-24(18-5-6-20-11-21-18)10-15(14)22-19(25)13-3-4-16-17(7-13)27-12-26-16/h3-7,11,14-15H,8-10,12H2,1-2H3,(H,22,25)/t14-,15-/m1/s1. The summed E-state index contributed by atoms with van der Waals surface area (Å²) in [6.07, 6.45) is 3.29. The molecule has 0 spiro atoms. The molecule has 2 aliphatic heterocycles. The smallest absolute Gasteiger partial charge is 0.251 e. The zero-order chi connectivity index (χ0) is 18.8. The third kappa shape index (κ3) is 3.80. The Morgan fingerprint density at radius 2 is 2.11 bits per heavy atom. The van der Waals surface area contributed by atoms with Crippen molar-refractivity contribution in [1.82, 2.24) is 20.2 Å². The first-order valence-electron chi connectivity index (χ1n) is 8.96. The van der Waals surface area contributed by atoms with Gasteiger partial charge in [-0.2, -0.15) is 0 Å². The van der Waals surface area contributed by atoms with E-state index in [-0.39, 0.29) is 18.7 Å². The van der Waals surface area contributed by atoms with Gasteiger partial charge in [-0.15, -0.1) is 0 Å². The summed E-state index contributed by atoms with van der Waals surface area (Å²) in [7, 11) is 4.09. The maximum atomic E-state index is 12.8. The molecule has 27 heavy (non-hydrogen) atoms. The molecule has 0 saturated carbocycles. The maximum Gasteiger partial charge on any atom is 0.251 e. The van der Waals surface area contributed by atoms with E-state index < -0.39 is 0 Å². The first-order chi connectivity index (χ1) is 13.1. The molecule has 1 saturated heterocycles. The number of rotatable bonds is 5. The molecule has 8 nitrogen and oxygen atoms in total. The van der Waals surface area contributed by atoms with Crippen molar-refractivity contribution in [3.63, 3.8) is 0 Å². The predicted molar refractivity (Wildman–Crippen MR) is 100 cm³/mol.